The van der Waals surface area contributed by atoms with Crippen LogP contribution in [0.2, 0.25) is 0 Å². The molecule has 3 rings (SSSR count). The normalized spacial score (nSPS) is 17.0. The number of carbonyl (C=O) groups is 2. The van der Waals surface area contributed by atoms with Gasteiger partial charge in [0.05, 0.1) is 5.88 Å². The van der Waals surface area contributed by atoms with E-state index in [4.69, 9.17) is 0 Å². The first-order valence-corrected chi connectivity index (χ1v) is 10.3. The van der Waals surface area contributed by atoms with Gasteiger partial charge in [-0.2, -0.15) is 0 Å². The molecule has 1 N–H and O–H groups in total. The van der Waals surface area contributed by atoms with E-state index in [0.717, 1.165) is 0 Å². The van der Waals surface area contributed by atoms with Crippen molar-refractivity contribution in [3.05, 3.63) is 71.3 Å². The SMILES string of the molecule is Cc1cccc(C(C)(C)CNC(=O)C2CSCN2C(=O)c2ccccc2)c1. The van der Waals surface area contributed by atoms with Crippen molar-refractivity contribution in [2.75, 3.05) is 18.2 Å². The van der Waals surface area contributed by atoms with E-state index in [1.165, 1.54) is 11.1 Å². The molecule has 1 aliphatic rings. The highest BCUT2D eigenvalue weighted by atomic mass is 32.2. The summed E-state index contributed by atoms with van der Waals surface area (Å²) in [6, 6.07) is 17.1. The fourth-order valence-corrected chi connectivity index (χ4v) is 4.35. The number of nitrogens with one attached hydrogen (secondary N) is 1. The highest BCUT2D eigenvalue weighted by molar-refractivity contribution is 7.99. The van der Waals surface area contributed by atoms with E-state index in [9.17, 15) is 9.59 Å². The van der Waals surface area contributed by atoms with Crippen LogP contribution in [0.4, 0.5) is 0 Å². The molecule has 0 aliphatic carbocycles. The molecule has 4 nitrogen and oxygen atoms in total. The van der Waals surface area contributed by atoms with Crippen molar-refractivity contribution in [1.29, 1.82) is 0 Å². The number of rotatable bonds is 5. The van der Waals surface area contributed by atoms with Crippen molar-refractivity contribution in [2.24, 2.45) is 0 Å². The molecule has 0 bridgehead atoms. The van der Waals surface area contributed by atoms with E-state index < -0.39 is 6.04 Å². The zero-order valence-electron chi connectivity index (χ0n) is 16.1. The summed E-state index contributed by atoms with van der Waals surface area (Å²) < 4.78 is 0. The van der Waals surface area contributed by atoms with Crippen LogP contribution in [0.5, 0.6) is 0 Å². The smallest absolute Gasteiger partial charge is 0.255 e. The van der Waals surface area contributed by atoms with E-state index in [1.54, 1.807) is 28.8 Å². The molecule has 2 aromatic carbocycles. The Hall–Kier alpha value is -2.27. The zero-order chi connectivity index (χ0) is 19.4. The Morgan fingerprint density at radius 2 is 1.89 bits per heavy atom. The van der Waals surface area contributed by atoms with Crippen molar-refractivity contribution >= 4 is 23.6 Å². The number of hydrogen-bond acceptors (Lipinski definition) is 3. The molecule has 2 amide bonds. The monoisotopic (exact) mass is 382 g/mol. The van der Waals surface area contributed by atoms with Gasteiger partial charge >= 0.3 is 0 Å². The lowest BCUT2D eigenvalue weighted by molar-refractivity contribution is -0.124. The molecule has 142 valence electrons. The fourth-order valence-electron chi connectivity index (χ4n) is 3.20. The molecule has 1 heterocycles. The number of carbonyl (C=O) groups excluding carboxylic acids is 2. The Kier molecular flexibility index (Phi) is 5.90. The molecule has 5 heteroatoms. The third-order valence-corrected chi connectivity index (χ3v) is 5.98. The maximum atomic E-state index is 12.8. The Labute approximate surface area is 165 Å². The van der Waals surface area contributed by atoms with Crippen molar-refractivity contribution in [3.8, 4) is 0 Å². The molecule has 0 saturated carbocycles. The quantitative estimate of drug-likeness (QED) is 0.859. The minimum Gasteiger partial charge on any atom is -0.353 e. The number of benzene rings is 2. The summed E-state index contributed by atoms with van der Waals surface area (Å²) in [4.78, 5) is 27.2. The molecule has 0 spiro atoms. The lowest BCUT2D eigenvalue weighted by Crippen LogP contribution is -2.49. The third-order valence-electron chi connectivity index (χ3n) is 4.97. The van der Waals surface area contributed by atoms with Gasteiger partial charge in [0.25, 0.3) is 5.91 Å². The van der Waals surface area contributed by atoms with Gasteiger partial charge in [-0.05, 0) is 24.6 Å². The van der Waals surface area contributed by atoms with E-state index in [2.05, 4.69) is 44.3 Å². The summed E-state index contributed by atoms with van der Waals surface area (Å²) in [5.74, 6) is 1.02. The van der Waals surface area contributed by atoms with Crippen LogP contribution in [0.3, 0.4) is 0 Å². The molecule has 1 fully saturated rings. The summed E-state index contributed by atoms with van der Waals surface area (Å²) in [5, 5.41) is 3.07. The van der Waals surface area contributed by atoms with Gasteiger partial charge in [0.2, 0.25) is 5.91 Å². The maximum Gasteiger partial charge on any atom is 0.255 e. The van der Waals surface area contributed by atoms with Gasteiger partial charge < -0.3 is 10.2 Å². The highest BCUT2D eigenvalue weighted by Gasteiger charge is 2.35. The van der Waals surface area contributed by atoms with Crippen molar-refractivity contribution in [1.82, 2.24) is 10.2 Å². The van der Waals surface area contributed by atoms with Crippen LogP contribution < -0.4 is 5.32 Å². The predicted molar refractivity (Wildman–Crippen MR) is 111 cm³/mol. The van der Waals surface area contributed by atoms with Gasteiger partial charge in [0.1, 0.15) is 6.04 Å². The van der Waals surface area contributed by atoms with Crippen LogP contribution in [0.15, 0.2) is 54.6 Å². The van der Waals surface area contributed by atoms with Gasteiger partial charge in [-0.3, -0.25) is 9.59 Å². The molecule has 1 atom stereocenters. The summed E-state index contributed by atoms with van der Waals surface area (Å²) in [7, 11) is 0. The van der Waals surface area contributed by atoms with Crippen LogP contribution in [0.1, 0.15) is 35.3 Å². The van der Waals surface area contributed by atoms with Gasteiger partial charge in [-0.15, -0.1) is 11.8 Å². The Balaban J connectivity index is 1.65. The molecule has 27 heavy (non-hydrogen) atoms. The predicted octanol–water partition coefficient (Wildman–Crippen LogP) is 3.60. The standard InChI is InChI=1S/C22H26N2O2S/c1-16-8-7-11-18(12-16)22(2,3)14-23-20(25)19-13-27-15-24(19)21(26)17-9-5-4-6-10-17/h4-12,19H,13-15H2,1-3H3,(H,23,25). The summed E-state index contributed by atoms with van der Waals surface area (Å²) in [6.45, 7) is 6.85. The van der Waals surface area contributed by atoms with E-state index >= 15 is 0 Å². The molecular formula is C22H26N2O2S. The van der Waals surface area contributed by atoms with Gasteiger partial charge in [0.15, 0.2) is 0 Å². The van der Waals surface area contributed by atoms with Gasteiger partial charge in [-0.1, -0.05) is 61.9 Å². The Morgan fingerprint density at radius 3 is 2.59 bits per heavy atom. The van der Waals surface area contributed by atoms with Crippen molar-refractivity contribution in [2.45, 2.75) is 32.2 Å². The van der Waals surface area contributed by atoms with E-state index in [1.807, 2.05) is 24.3 Å². The van der Waals surface area contributed by atoms with E-state index in [-0.39, 0.29) is 17.2 Å². The second-order valence-electron chi connectivity index (χ2n) is 7.63. The summed E-state index contributed by atoms with van der Waals surface area (Å²) in [5.41, 5.74) is 2.85. The molecule has 0 radical (unpaired) electrons. The van der Waals surface area contributed by atoms with Crippen molar-refractivity contribution in [3.63, 3.8) is 0 Å². The molecule has 2 aromatic rings. The first kappa shape index (κ1) is 19.5. The van der Waals surface area contributed by atoms with Crippen molar-refractivity contribution < 1.29 is 9.59 Å². The summed E-state index contributed by atoms with van der Waals surface area (Å²) in [6.07, 6.45) is 0. The Morgan fingerprint density at radius 1 is 1.15 bits per heavy atom. The summed E-state index contributed by atoms with van der Waals surface area (Å²) >= 11 is 1.62. The number of thioether (sulfide) groups is 1. The number of nitrogens with zero attached hydrogens (tertiary/aromatic N) is 1. The van der Waals surface area contributed by atoms with Gasteiger partial charge in [-0.25, -0.2) is 0 Å². The molecule has 1 aliphatic heterocycles. The zero-order valence-corrected chi connectivity index (χ0v) is 16.9. The lowest BCUT2D eigenvalue weighted by atomic mass is 9.84. The average molecular weight is 383 g/mol. The number of amides is 2. The Bertz CT molecular complexity index is 820. The number of aryl methyl sites for hydroxylation is 1. The first-order valence-electron chi connectivity index (χ1n) is 9.17. The highest BCUT2D eigenvalue weighted by Crippen LogP contribution is 2.25. The minimum atomic E-state index is -0.420. The second-order valence-corrected chi connectivity index (χ2v) is 8.63. The maximum absolute atomic E-state index is 12.8. The van der Waals surface area contributed by atoms with Crippen LogP contribution in [-0.4, -0.2) is 40.9 Å². The van der Waals surface area contributed by atoms with Gasteiger partial charge in [0, 0.05) is 23.3 Å². The topological polar surface area (TPSA) is 49.4 Å². The first-order chi connectivity index (χ1) is 12.9. The fraction of sp³-hybridized carbons (Fsp3) is 0.364. The van der Waals surface area contributed by atoms with Crippen LogP contribution >= 0.6 is 11.8 Å². The third kappa shape index (κ3) is 4.53. The average Bonchev–Trinajstić information content (AvgIpc) is 3.16. The molecule has 1 saturated heterocycles. The van der Waals surface area contributed by atoms with Crippen LogP contribution in [0, 0.1) is 6.92 Å². The van der Waals surface area contributed by atoms with Crippen LogP contribution in [-0.2, 0) is 10.2 Å². The molecule has 0 aromatic heterocycles. The number of hydrogen-bond donors (Lipinski definition) is 1. The largest absolute Gasteiger partial charge is 0.353 e. The molecule has 1 unspecified atom stereocenters. The van der Waals surface area contributed by atoms with E-state index in [0.29, 0.717) is 23.7 Å². The minimum absolute atomic E-state index is 0.0787. The van der Waals surface area contributed by atoms with Crippen LogP contribution in [0.25, 0.3) is 0 Å². The lowest BCUT2D eigenvalue weighted by Gasteiger charge is -2.28. The second kappa shape index (κ2) is 8.17. The molecular weight excluding hydrogens is 356 g/mol.